The number of benzene rings is 2. The lowest BCUT2D eigenvalue weighted by Gasteiger charge is -2.34. The smallest absolute Gasteiger partial charge is 0.276 e. The summed E-state index contributed by atoms with van der Waals surface area (Å²) in [6.07, 6.45) is 1.31. The number of ether oxygens (including phenoxy) is 2. The van der Waals surface area contributed by atoms with Crippen LogP contribution < -0.4 is 14.8 Å². The van der Waals surface area contributed by atoms with Crippen LogP contribution in [0.1, 0.15) is 24.0 Å². The summed E-state index contributed by atoms with van der Waals surface area (Å²) in [6, 6.07) is 12.1. The zero-order valence-electron chi connectivity index (χ0n) is 18.4. The van der Waals surface area contributed by atoms with E-state index in [-0.39, 0.29) is 36.2 Å². The Bertz CT molecular complexity index is 1080. The number of carbonyl (C=O) groups excluding carboxylic acids is 2. The zero-order valence-corrected chi connectivity index (χ0v) is 19.2. The van der Waals surface area contributed by atoms with Crippen molar-refractivity contribution in [3.63, 3.8) is 0 Å². The molecular formula is C23H25N3O6S. The predicted octanol–water partition coefficient (Wildman–Crippen LogP) is 2.86. The number of fused-ring (bicyclic) bond motifs is 1. The Kier molecular flexibility index (Phi) is 6.46. The fourth-order valence-corrected chi connectivity index (χ4v) is 6.21. The molecule has 9 nitrogen and oxygen atoms in total. The largest absolute Gasteiger partial charge is 0.493 e. The molecule has 2 atom stereocenters. The average molecular weight is 472 g/mol. The molecule has 0 saturated carbocycles. The van der Waals surface area contributed by atoms with Crippen molar-refractivity contribution in [1.82, 2.24) is 10.2 Å². The molecule has 0 aromatic heterocycles. The zero-order chi connectivity index (χ0) is 23.6. The van der Waals surface area contributed by atoms with Gasteiger partial charge in [0.15, 0.2) is 11.5 Å². The lowest BCUT2D eigenvalue weighted by atomic mass is 10.0. The molecule has 1 N–H and O–H groups in total. The molecule has 2 saturated heterocycles. The summed E-state index contributed by atoms with van der Waals surface area (Å²) in [5.74, 6) is 0.873. The van der Waals surface area contributed by atoms with E-state index in [9.17, 15) is 19.7 Å². The molecule has 2 aromatic carbocycles. The van der Waals surface area contributed by atoms with Gasteiger partial charge in [0, 0.05) is 24.3 Å². The third kappa shape index (κ3) is 4.10. The van der Waals surface area contributed by atoms with Crippen LogP contribution in [0.3, 0.4) is 0 Å². The molecule has 0 bridgehead atoms. The van der Waals surface area contributed by atoms with Gasteiger partial charge in [0.05, 0.1) is 25.2 Å². The van der Waals surface area contributed by atoms with E-state index in [0.717, 1.165) is 5.56 Å². The highest BCUT2D eigenvalue weighted by Gasteiger charge is 2.56. The van der Waals surface area contributed by atoms with Crippen molar-refractivity contribution < 1.29 is 24.0 Å². The Balaban J connectivity index is 1.47. The first kappa shape index (κ1) is 22.9. The van der Waals surface area contributed by atoms with Gasteiger partial charge in [-0.05, 0) is 24.5 Å². The minimum absolute atomic E-state index is 0.0282. The van der Waals surface area contributed by atoms with E-state index < -0.39 is 15.8 Å². The number of methoxy groups -OCH3 is 2. The number of hydrogen-bond donors (Lipinski definition) is 1. The van der Waals surface area contributed by atoms with Crippen LogP contribution in [0.2, 0.25) is 0 Å². The first-order chi connectivity index (χ1) is 15.9. The Morgan fingerprint density at radius 3 is 2.61 bits per heavy atom. The Labute approximate surface area is 195 Å². The molecule has 0 spiro atoms. The van der Waals surface area contributed by atoms with E-state index in [1.165, 1.54) is 20.3 Å². The average Bonchev–Trinajstić information content (AvgIpc) is 3.38. The number of nitrogens with one attached hydrogen (secondary N) is 1. The molecule has 2 unspecified atom stereocenters. The molecule has 2 aliphatic rings. The molecular weight excluding hydrogens is 446 g/mol. The molecule has 0 aliphatic carbocycles. The summed E-state index contributed by atoms with van der Waals surface area (Å²) in [5, 5.41) is 14.4. The van der Waals surface area contributed by atoms with Crippen molar-refractivity contribution in [3.8, 4) is 11.5 Å². The fraction of sp³-hybridized carbons (Fsp3) is 0.391. The van der Waals surface area contributed by atoms with E-state index in [1.807, 2.05) is 30.3 Å². The minimum atomic E-state index is -0.578. The normalized spacial score (nSPS) is 21.6. The Morgan fingerprint density at radius 1 is 1.24 bits per heavy atom. The van der Waals surface area contributed by atoms with Crippen molar-refractivity contribution in [1.29, 1.82) is 0 Å². The molecule has 33 heavy (non-hydrogen) atoms. The van der Waals surface area contributed by atoms with Crippen molar-refractivity contribution >= 4 is 29.3 Å². The molecule has 10 heteroatoms. The first-order valence-corrected chi connectivity index (χ1v) is 11.6. The first-order valence-electron chi connectivity index (χ1n) is 10.6. The molecule has 2 fully saturated rings. The van der Waals surface area contributed by atoms with Gasteiger partial charge >= 0.3 is 0 Å². The second kappa shape index (κ2) is 9.30. The number of nitro benzene ring substituents is 1. The summed E-state index contributed by atoms with van der Waals surface area (Å²) in [4.78, 5) is 38.0. The second-order valence-corrected chi connectivity index (χ2v) is 9.17. The van der Waals surface area contributed by atoms with E-state index in [1.54, 1.807) is 22.7 Å². The third-order valence-corrected chi connectivity index (χ3v) is 7.73. The minimum Gasteiger partial charge on any atom is -0.493 e. The van der Waals surface area contributed by atoms with E-state index in [0.29, 0.717) is 29.9 Å². The van der Waals surface area contributed by atoms with Crippen LogP contribution in [0.4, 0.5) is 5.69 Å². The number of nitrogens with zero attached hydrogens (tertiary/aromatic N) is 2. The number of amides is 2. The molecule has 2 amide bonds. The number of hydrogen-bond acceptors (Lipinski definition) is 7. The van der Waals surface area contributed by atoms with Gasteiger partial charge in [0.1, 0.15) is 10.9 Å². The number of carbonyl (C=O) groups is 2. The third-order valence-electron chi connectivity index (χ3n) is 6.13. The Hall–Kier alpha value is -3.27. The lowest BCUT2D eigenvalue weighted by Crippen LogP contribution is -2.50. The van der Waals surface area contributed by atoms with E-state index >= 15 is 0 Å². The van der Waals surface area contributed by atoms with Crippen molar-refractivity contribution in [2.24, 2.45) is 0 Å². The van der Waals surface area contributed by atoms with Gasteiger partial charge in [-0.15, -0.1) is 11.8 Å². The topological polar surface area (TPSA) is 111 Å². The maximum absolute atomic E-state index is 13.0. The second-order valence-electron chi connectivity index (χ2n) is 7.87. The van der Waals surface area contributed by atoms with Crippen LogP contribution >= 0.6 is 11.8 Å². The number of thioether (sulfide) groups is 1. The van der Waals surface area contributed by atoms with Crippen LogP contribution in [0.25, 0.3) is 0 Å². The highest BCUT2D eigenvalue weighted by molar-refractivity contribution is 8.00. The lowest BCUT2D eigenvalue weighted by molar-refractivity contribution is -0.385. The van der Waals surface area contributed by atoms with Crippen LogP contribution in [0.5, 0.6) is 11.5 Å². The number of nitro groups is 1. The van der Waals surface area contributed by atoms with Gasteiger partial charge in [-0.3, -0.25) is 19.7 Å². The van der Waals surface area contributed by atoms with Crippen LogP contribution in [0.15, 0.2) is 42.5 Å². The monoisotopic (exact) mass is 471 g/mol. The highest BCUT2D eigenvalue weighted by Crippen LogP contribution is 2.54. The maximum Gasteiger partial charge on any atom is 0.276 e. The summed E-state index contributed by atoms with van der Waals surface area (Å²) >= 11 is 1.62. The van der Waals surface area contributed by atoms with Gasteiger partial charge in [-0.1, -0.05) is 30.3 Å². The Morgan fingerprint density at radius 2 is 1.94 bits per heavy atom. The molecule has 2 aliphatic heterocycles. The summed E-state index contributed by atoms with van der Waals surface area (Å²) in [6.45, 7) is 0.191. The summed E-state index contributed by atoms with van der Waals surface area (Å²) in [7, 11) is 2.87. The molecule has 2 aromatic rings. The summed E-state index contributed by atoms with van der Waals surface area (Å²) in [5.41, 5.74) is 1.35. The molecule has 2 heterocycles. The van der Waals surface area contributed by atoms with Crippen molar-refractivity contribution in [2.45, 2.75) is 30.2 Å². The highest BCUT2D eigenvalue weighted by atomic mass is 32.2. The van der Waals surface area contributed by atoms with Crippen molar-refractivity contribution in [2.75, 3.05) is 26.5 Å². The maximum atomic E-state index is 13.0. The van der Waals surface area contributed by atoms with Crippen LogP contribution in [-0.2, 0) is 20.9 Å². The summed E-state index contributed by atoms with van der Waals surface area (Å²) < 4.78 is 10.4. The van der Waals surface area contributed by atoms with E-state index in [2.05, 4.69) is 5.32 Å². The quantitative estimate of drug-likeness (QED) is 0.465. The van der Waals surface area contributed by atoms with Gasteiger partial charge in [-0.2, -0.15) is 0 Å². The molecule has 4 rings (SSSR count). The predicted molar refractivity (Wildman–Crippen MR) is 123 cm³/mol. The van der Waals surface area contributed by atoms with Crippen LogP contribution in [0, 0.1) is 10.1 Å². The van der Waals surface area contributed by atoms with Gasteiger partial charge in [0.25, 0.3) is 5.69 Å². The van der Waals surface area contributed by atoms with Gasteiger partial charge in [-0.25, -0.2) is 0 Å². The SMILES string of the molecule is COc1cc(CCNC(=O)C2CSC3(c4ccccc4)CCC(=O)N23)c([N+](=O)[O-])cc1OC. The number of rotatable bonds is 8. The standard InChI is InChI=1S/C23H25N3O6S/c1-31-19-12-15(17(26(29)30)13-20(19)32-2)9-11-24-22(28)18-14-33-23(10-8-21(27)25(18)23)16-6-4-3-5-7-16/h3-7,12-13,18H,8-11,14H2,1-2H3,(H,24,28). The fourth-order valence-electron chi connectivity index (χ4n) is 4.55. The van der Waals surface area contributed by atoms with Crippen LogP contribution in [-0.4, -0.2) is 54.2 Å². The van der Waals surface area contributed by atoms with E-state index in [4.69, 9.17) is 9.47 Å². The van der Waals surface area contributed by atoms with Crippen molar-refractivity contribution in [3.05, 3.63) is 63.7 Å². The molecule has 174 valence electrons. The van der Waals surface area contributed by atoms with Gasteiger partial charge in [0.2, 0.25) is 11.8 Å². The molecule has 0 radical (unpaired) electrons. The van der Waals surface area contributed by atoms with Gasteiger partial charge < -0.3 is 19.7 Å².